The molecule has 5 nitrogen and oxygen atoms in total. The van der Waals surface area contributed by atoms with Gasteiger partial charge in [-0.1, -0.05) is 26.0 Å². The van der Waals surface area contributed by atoms with Gasteiger partial charge in [0.15, 0.2) is 0 Å². The highest BCUT2D eigenvalue weighted by Crippen LogP contribution is 2.39. The van der Waals surface area contributed by atoms with E-state index in [9.17, 15) is 13.2 Å². The largest absolute Gasteiger partial charge is 0.322 e. The van der Waals surface area contributed by atoms with Crippen LogP contribution in [0.2, 0.25) is 0 Å². The van der Waals surface area contributed by atoms with Crippen molar-refractivity contribution in [3.63, 3.8) is 0 Å². The van der Waals surface area contributed by atoms with Crippen LogP contribution in [0.15, 0.2) is 48.5 Å². The molecular formula is C25H34N2O3S. The fraction of sp³-hybridized carbons (Fsp3) is 0.480. The van der Waals surface area contributed by atoms with E-state index in [0.717, 1.165) is 17.5 Å². The minimum atomic E-state index is -3.50. The quantitative estimate of drug-likeness (QED) is 0.594. The number of anilines is 2. The van der Waals surface area contributed by atoms with E-state index in [1.165, 1.54) is 24.8 Å². The highest BCUT2D eigenvalue weighted by Gasteiger charge is 2.29. The normalized spacial score (nSPS) is 22.0. The lowest BCUT2D eigenvalue weighted by molar-refractivity contribution is 0.102. The van der Waals surface area contributed by atoms with E-state index in [-0.39, 0.29) is 5.91 Å². The zero-order chi connectivity index (χ0) is 22.8. The molecule has 0 aliphatic heterocycles. The van der Waals surface area contributed by atoms with E-state index in [2.05, 4.69) is 36.0 Å². The van der Waals surface area contributed by atoms with Crippen molar-refractivity contribution in [2.45, 2.75) is 64.5 Å². The van der Waals surface area contributed by atoms with Crippen molar-refractivity contribution < 1.29 is 13.2 Å². The van der Waals surface area contributed by atoms with Gasteiger partial charge < -0.3 is 5.32 Å². The molecule has 1 fully saturated rings. The summed E-state index contributed by atoms with van der Waals surface area (Å²) in [4.78, 5) is 12.6. The third kappa shape index (κ3) is 5.88. The molecule has 168 valence electrons. The van der Waals surface area contributed by atoms with E-state index in [1.54, 1.807) is 45.0 Å². The van der Waals surface area contributed by atoms with Crippen LogP contribution in [-0.4, -0.2) is 19.1 Å². The van der Waals surface area contributed by atoms with Gasteiger partial charge in [0.25, 0.3) is 5.91 Å². The van der Waals surface area contributed by atoms with Crippen LogP contribution in [0, 0.1) is 11.8 Å². The Hall–Kier alpha value is -2.34. The predicted molar refractivity (Wildman–Crippen MR) is 128 cm³/mol. The van der Waals surface area contributed by atoms with Gasteiger partial charge in [0, 0.05) is 16.9 Å². The van der Waals surface area contributed by atoms with Crippen LogP contribution in [0.5, 0.6) is 0 Å². The van der Waals surface area contributed by atoms with E-state index in [4.69, 9.17) is 0 Å². The van der Waals surface area contributed by atoms with Gasteiger partial charge in [0.2, 0.25) is 10.0 Å². The standard InChI is InChI=1S/C25H34N2O3S/c1-17-14-18(2)16-21(15-17)19-6-10-22(11-7-19)26-24(28)20-8-12-23(13-9-20)27-31(29,30)25(3,4)5/h6-13,17-18,21,27H,14-16H2,1-5H3,(H,26,28). The summed E-state index contributed by atoms with van der Waals surface area (Å²) in [6, 6.07) is 14.6. The minimum Gasteiger partial charge on any atom is -0.322 e. The Morgan fingerprint density at radius 1 is 0.839 bits per heavy atom. The van der Waals surface area contributed by atoms with Crippen LogP contribution in [0.1, 0.15) is 75.7 Å². The van der Waals surface area contributed by atoms with Gasteiger partial charge >= 0.3 is 0 Å². The third-order valence-corrected chi connectivity index (χ3v) is 8.14. The van der Waals surface area contributed by atoms with E-state index in [0.29, 0.717) is 17.2 Å². The van der Waals surface area contributed by atoms with Crippen LogP contribution in [0.4, 0.5) is 11.4 Å². The van der Waals surface area contributed by atoms with E-state index in [1.807, 2.05) is 12.1 Å². The predicted octanol–water partition coefficient (Wildman–Crippen LogP) is 6.02. The lowest BCUT2D eigenvalue weighted by Gasteiger charge is -2.31. The molecule has 2 aromatic rings. The number of carbonyl (C=O) groups excluding carboxylic acids is 1. The fourth-order valence-electron chi connectivity index (χ4n) is 4.26. The first-order valence-electron chi connectivity index (χ1n) is 11.0. The molecule has 0 bridgehead atoms. The Bertz CT molecular complexity index is 996. The van der Waals surface area contributed by atoms with Gasteiger partial charge in [0.05, 0.1) is 4.75 Å². The van der Waals surface area contributed by atoms with Crippen molar-refractivity contribution in [2.75, 3.05) is 10.0 Å². The first kappa shape index (κ1) is 23.3. The number of nitrogens with one attached hydrogen (secondary N) is 2. The summed E-state index contributed by atoms with van der Waals surface area (Å²) >= 11 is 0. The lowest BCUT2D eigenvalue weighted by Crippen LogP contribution is -2.33. The first-order chi connectivity index (χ1) is 14.4. The molecule has 2 aromatic carbocycles. The third-order valence-electron chi connectivity index (χ3n) is 6.02. The Morgan fingerprint density at radius 2 is 1.35 bits per heavy atom. The Labute approximate surface area is 186 Å². The maximum absolute atomic E-state index is 12.6. The van der Waals surface area contributed by atoms with Crippen LogP contribution in [-0.2, 0) is 10.0 Å². The van der Waals surface area contributed by atoms with Crippen LogP contribution in [0.25, 0.3) is 0 Å². The van der Waals surface area contributed by atoms with Gasteiger partial charge in [-0.15, -0.1) is 0 Å². The molecule has 1 aliphatic carbocycles. The highest BCUT2D eigenvalue weighted by atomic mass is 32.2. The Kier molecular flexibility index (Phi) is 6.79. The van der Waals surface area contributed by atoms with Crippen molar-refractivity contribution >= 4 is 27.3 Å². The zero-order valence-electron chi connectivity index (χ0n) is 19.1. The van der Waals surface area contributed by atoms with Crippen molar-refractivity contribution in [3.8, 4) is 0 Å². The van der Waals surface area contributed by atoms with Crippen molar-refractivity contribution in [1.29, 1.82) is 0 Å². The smallest absolute Gasteiger partial charge is 0.255 e. The molecule has 1 aliphatic rings. The topological polar surface area (TPSA) is 75.3 Å². The minimum absolute atomic E-state index is 0.224. The second-order valence-electron chi connectivity index (χ2n) is 9.99. The molecule has 1 amide bonds. The summed E-state index contributed by atoms with van der Waals surface area (Å²) in [5.74, 6) is 1.87. The SMILES string of the molecule is CC1CC(C)CC(c2ccc(NC(=O)c3ccc(NS(=O)(=O)C(C)(C)C)cc3)cc2)C1. The molecule has 2 N–H and O–H groups in total. The average Bonchev–Trinajstić information content (AvgIpc) is 2.67. The molecule has 31 heavy (non-hydrogen) atoms. The molecule has 2 unspecified atom stereocenters. The molecule has 0 saturated heterocycles. The van der Waals surface area contributed by atoms with Gasteiger partial charge in [-0.05, 0) is 99.7 Å². The average molecular weight is 443 g/mol. The first-order valence-corrected chi connectivity index (χ1v) is 12.5. The second kappa shape index (κ2) is 9.03. The highest BCUT2D eigenvalue weighted by molar-refractivity contribution is 7.94. The molecule has 2 atom stereocenters. The number of carbonyl (C=O) groups is 1. The molecule has 0 radical (unpaired) electrons. The molecule has 0 heterocycles. The Balaban J connectivity index is 1.62. The molecule has 3 rings (SSSR count). The number of sulfonamides is 1. The van der Waals surface area contributed by atoms with Crippen LogP contribution >= 0.6 is 0 Å². The lowest BCUT2D eigenvalue weighted by atomic mass is 9.74. The number of rotatable bonds is 5. The van der Waals surface area contributed by atoms with E-state index >= 15 is 0 Å². The summed E-state index contributed by atoms with van der Waals surface area (Å²) in [6.07, 6.45) is 3.75. The van der Waals surface area contributed by atoms with Gasteiger partial charge in [-0.3, -0.25) is 9.52 Å². The van der Waals surface area contributed by atoms with Crippen molar-refractivity contribution in [1.82, 2.24) is 0 Å². The van der Waals surface area contributed by atoms with Gasteiger partial charge in [-0.25, -0.2) is 8.42 Å². The number of amides is 1. The van der Waals surface area contributed by atoms with Crippen LogP contribution < -0.4 is 10.0 Å². The van der Waals surface area contributed by atoms with Crippen molar-refractivity contribution in [2.24, 2.45) is 11.8 Å². The number of hydrogen-bond donors (Lipinski definition) is 2. The van der Waals surface area contributed by atoms with Crippen LogP contribution in [0.3, 0.4) is 0 Å². The monoisotopic (exact) mass is 442 g/mol. The molecule has 1 saturated carbocycles. The maximum Gasteiger partial charge on any atom is 0.255 e. The number of benzene rings is 2. The molecule has 0 spiro atoms. The summed E-state index contributed by atoms with van der Waals surface area (Å²) in [6.45, 7) is 9.57. The number of hydrogen-bond acceptors (Lipinski definition) is 3. The van der Waals surface area contributed by atoms with E-state index < -0.39 is 14.8 Å². The zero-order valence-corrected chi connectivity index (χ0v) is 19.9. The maximum atomic E-state index is 12.6. The summed E-state index contributed by atoms with van der Waals surface area (Å²) in [5.41, 5.74) is 3.00. The van der Waals surface area contributed by atoms with Gasteiger partial charge in [-0.2, -0.15) is 0 Å². The Morgan fingerprint density at radius 3 is 1.87 bits per heavy atom. The van der Waals surface area contributed by atoms with Gasteiger partial charge in [0.1, 0.15) is 0 Å². The summed E-state index contributed by atoms with van der Waals surface area (Å²) < 4.78 is 26.2. The summed E-state index contributed by atoms with van der Waals surface area (Å²) in [5, 5.41) is 2.92. The van der Waals surface area contributed by atoms with Crippen molar-refractivity contribution in [3.05, 3.63) is 59.7 Å². The molecule has 0 aromatic heterocycles. The summed E-state index contributed by atoms with van der Waals surface area (Å²) in [7, 11) is -3.50. The second-order valence-corrected chi connectivity index (χ2v) is 12.4. The fourth-order valence-corrected chi connectivity index (χ4v) is 5.01. The molecule has 6 heteroatoms. The molecular weight excluding hydrogens is 408 g/mol.